The van der Waals surface area contributed by atoms with Crippen LogP contribution in [0.25, 0.3) is 0 Å². The second kappa shape index (κ2) is 3.26. The molecule has 0 unspecified atom stereocenters. The van der Waals surface area contributed by atoms with Gasteiger partial charge in [0.15, 0.2) is 0 Å². The van der Waals surface area contributed by atoms with Crippen LogP contribution in [0.3, 0.4) is 0 Å². The Balaban J connectivity index is 2.52. The monoisotopic (exact) mass is 174 g/mol. The first-order valence-electron chi connectivity index (χ1n) is 4.98. The number of aromatic nitrogens is 1. The van der Waals surface area contributed by atoms with Gasteiger partial charge in [-0.2, -0.15) is 5.26 Å². The average molecular weight is 174 g/mol. The smallest absolute Gasteiger partial charge is 0.101 e. The SMILES string of the molecule is CCc1cc(C#N)c2n1CCCC2. The maximum absolute atomic E-state index is 8.94. The highest BCUT2D eigenvalue weighted by Crippen LogP contribution is 2.23. The van der Waals surface area contributed by atoms with E-state index in [4.69, 9.17) is 5.26 Å². The molecule has 2 nitrogen and oxygen atoms in total. The van der Waals surface area contributed by atoms with E-state index in [9.17, 15) is 0 Å². The van der Waals surface area contributed by atoms with Crippen molar-refractivity contribution in [3.63, 3.8) is 0 Å². The predicted octanol–water partition coefficient (Wildman–Crippen LogP) is 2.26. The summed E-state index contributed by atoms with van der Waals surface area (Å²) in [5.41, 5.74) is 3.49. The van der Waals surface area contributed by atoms with Gasteiger partial charge in [-0.05, 0) is 31.7 Å². The van der Waals surface area contributed by atoms with Crippen LogP contribution in [0.5, 0.6) is 0 Å². The third-order valence-corrected chi connectivity index (χ3v) is 2.82. The van der Waals surface area contributed by atoms with Crippen molar-refractivity contribution < 1.29 is 0 Å². The summed E-state index contributed by atoms with van der Waals surface area (Å²) in [6.45, 7) is 3.26. The van der Waals surface area contributed by atoms with Crippen LogP contribution in [0.15, 0.2) is 6.07 Å². The summed E-state index contributed by atoms with van der Waals surface area (Å²) in [7, 11) is 0. The molecule has 0 atom stereocenters. The summed E-state index contributed by atoms with van der Waals surface area (Å²) in [5.74, 6) is 0. The highest BCUT2D eigenvalue weighted by Gasteiger charge is 2.16. The van der Waals surface area contributed by atoms with Crippen molar-refractivity contribution in [3.8, 4) is 6.07 Å². The van der Waals surface area contributed by atoms with Crippen molar-refractivity contribution in [3.05, 3.63) is 23.0 Å². The van der Waals surface area contributed by atoms with Gasteiger partial charge < -0.3 is 4.57 Å². The number of rotatable bonds is 1. The van der Waals surface area contributed by atoms with Crippen molar-refractivity contribution in [1.82, 2.24) is 4.57 Å². The van der Waals surface area contributed by atoms with Crippen LogP contribution in [0.2, 0.25) is 0 Å². The predicted molar refractivity (Wildman–Crippen MR) is 51.5 cm³/mol. The molecule has 0 saturated heterocycles. The van der Waals surface area contributed by atoms with E-state index in [2.05, 4.69) is 23.6 Å². The largest absolute Gasteiger partial charge is 0.347 e. The Bertz CT molecular complexity index is 355. The highest BCUT2D eigenvalue weighted by atomic mass is 15.0. The van der Waals surface area contributed by atoms with Gasteiger partial charge in [0.1, 0.15) is 6.07 Å². The molecule has 0 saturated carbocycles. The molecule has 1 aromatic heterocycles. The van der Waals surface area contributed by atoms with Crippen LogP contribution in [0, 0.1) is 11.3 Å². The van der Waals surface area contributed by atoms with Crippen LogP contribution in [-0.4, -0.2) is 4.57 Å². The lowest BCUT2D eigenvalue weighted by Gasteiger charge is -2.17. The van der Waals surface area contributed by atoms with Crippen molar-refractivity contribution in [2.24, 2.45) is 0 Å². The Morgan fingerprint density at radius 3 is 3.08 bits per heavy atom. The zero-order chi connectivity index (χ0) is 9.26. The van der Waals surface area contributed by atoms with E-state index >= 15 is 0 Å². The van der Waals surface area contributed by atoms with E-state index in [1.807, 2.05) is 0 Å². The van der Waals surface area contributed by atoms with Gasteiger partial charge in [-0.1, -0.05) is 6.92 Å². The number of hydrogen-bond donors (Lipinski definition) is 0. The molecule has 0 bridgehead atoms. The van der Waals surface area contributed by atoms with Crippen LogP contribution in [0.4, 0.5) is 0 Å². The Labute approximate surface area is 78.8 Å². The Morgan fingerprint density at radius 2 is 2.38 bits per heavy atom. The minimum atomic E-state index is 0.900. The van der Waals surface area contributed by atoms with E-state index in [0.29, 0.717) is 0 Å². The molecule has 0 radical (unpaired) electrons. The zero-order valence-electron chi connectivity index (χ0n) is 8.01. The molecule has 0 amide bonds. The van der Waals surface area contributed by atoms with E-state index in [1.54, 1.807) is 0 Å². The molecular formula is C11H14N2. The fraction of sp³-hybridized carbons (Fsp3) is 0.545. The van der Waals surface area contributed by atoms with E-state index < -0.39 is 0 Å². The Hall–Kier alpha value is -1.23. The molecule has 2 heterocycles. The molecule has 1 aliphatic heterocycles. The molecule has 13 heavy (non-hydrogen) atoms. The molecule has 2 heteroatoms. The Morgan fingerprint density at radius 1 is 1.54 bits per heavy atom. The Kier molecular flexibility index (Phi) is 2.10. The molecule has 2 rings (SSSR count). The fourth-order valence-electron chi connectivity index (χ4n) is 2.15. The minimum absolute atomic E-state index is 0.900. The molecule has 1 aliphatic rings. The average Bonchev–Trinajstić information content (AvgIpc) is 2.56. The maximum Gasteiger partial charge on any atom is 0.101 e. The second-order valence-corrected chi connectivity index (χ2v) is 3.57. The number of hydrogen-bond acceptors (Lipinski definition) is 1. The van der Waals surface area contributed by atoms with Gasteiger partial charge in [0.2, 0.25) is 0 Å². The standard InChI is InChI=1S/C11H14N2/c1-2-10-7-9(8-12)11-5-3-4-6-13(10)11/h7H,2-6H2,1H3. The normalized spacial score (nSPS) is 15.1. The summed E-state index contributed by atoms with van der Waals surface area (Å²) in [6, 6.07) is 4.35. The van der Waals surface area contributed by atoms with Crippen molar-refractivity contribution in [2.75, 3.05) is 0 Å². The molecule has 0 aromatic carbocycles. The third kappa shape index (κ3) is 1.25. The molecule has 0 N–H and O–H groups in total. The molecule has 0 spiro atoms. The van der Waals surface area contributed by atoms with E-state index in [0.717, 1.165) is 24.9 Å². The molecule has 0 aliphatic carbocycles. The number of nitrogens with zero attached hydrogens (tertiary/aromatic N) is 2. The van der Waals surface area contributed by atoms with Crippen molar-refractivity contribution in [2.45, 2.75) is 39.2 Å². The zero-order valence-corrected chi connectivity index (χ0v) is 8.01. The first kappa shape index (κ1) is 8.37. The van der Waals surface area contributed by atoms with Gasteiger partial charge in [0, 0.05) is 17.9 Å². The summed E-state index contributed by atoms with van der Waals surface area (Å²) in [6.07, 6.45) is 4.62. The van der Waals surface area contributed by atoms with Gasteiger partial charge in [-0.25, -0.2) is 0 Å². The highest BCUT2D eigenvalue weighted by molar-refractivity contribution is 5.39. The molecule has 68 valence electrons. The van der Waals surface area contributed by atoms with Gasteiger partial charge >= 0.3 is 0 Å². The van der Waals surface area contributed by atoms with Crippen LogP contribution < -0.4 is 0 Å². The van der Waals surface area contributed by atoms with Gasteiger partial charge in [-0.15, -0.1) is 0 Å². The summed E-state index contributed by atoms with van der Waals surface area (Å²) in [5, 5.41) is 8.94. The lowest BCUT2D eigenvalue weighted by atomic mass is 10.1. The summed E-state index contributed by atoms with van der Waals surface area (Å²) in [4.78, 5) is 0. The van der Waals surface area contributed by atoms with Crippen molar-refractivity contribution >= 4 is 0 Å². The summed E-state index contributed by atoms with van der Waals surface area (Å²) >= 11 is 0. The maximum atomic E-state index is 8.94. The first-order valence-corrected chi connectivity index (χ1v) is 4.98. The number of fused-ring (bicyclic) bond motifs is 1. The summed E-state index contributed by atoms with van der Waals surface area (Å²) < 4.78 is 2.34. The third-order valence-electron chi connectivity index (χ3n) is 2.82. The molecule has 0 fully saturated rings. The number of nitriles is 1. The van der Waals surface area contributed by atoms with Crippen LogP contribution >= 0.6 is 0 Å². The lowest BCUT2D eigenvalue weighted by molar-refractivity contribution is 0.518. The second-order valence-electron chi connectivity index (χ2n) is 3.57. The van der Waals surface area contributed by atoms with Crippen LogP contribution in [-0.2, 0) is 19.4 Å². The lowest BCUT2D eigenvalue weighted by Crippen LogP contribution is -2.12. The van der Waals surface area contributed by atoms with E-state index in [1.165, 1.54) is 24.2 Å². The molecule has 1 aromatic rings. The van der Waals surface area contributed by atoms with Gasteiger partial charge in [0.05, 0.1) is 5.56 Å². The van der Waals surface area contributed by atoms with E-state index in [-0.39, 0.29) is 0 Å². The van der Waals surface area contributed by atoms with Gasteiger partial charge in [0.25, 0.3) is 0 Å². The topological polar surface area (TPSA) is 28.7 Å². The van der Waals surface area contributed by atoms with Gasteiger partial charge in [-0.3, -0.25) is 0 Å². The quantitative estimate of drug-likeness (QED) is 0.642. The van der Waals surface area contributed by atoms with Crippen LogP contribution in [0.1, 0.15) is 36.7 Å². The number of aryl methyl sites for hydroxylation is 1. The van der Waals surface area contributed by atoms with Crippen molar-refractivity contribution in [1.29, 1.82) is 5.26 Å². The molecular weight excluding hydrogens is 160 g/mol. The minimum Gasteiger partial charge on any atom is -0.347 e. The first-order chi connectivity index (χ1) is 6.36. The fourth-order valence-corrected chi connectivity index (χ4v) is 2.15.